The number of nitro groups is 1. The Labute approximate surface area is 199 Å². The van der Waals surface area contributed by atoms with Crippen LogP contribution in [0, 0.1) is 10.1 Å². The highest BCUT2D eigenvalue weighted by molar-refractivity contribution is 5.17. The standard InChI is InChI=1S/C26H31NO7/c28-27(29)22-24(30-16-18-10-4-1-5-11-18)23-21(33-26(22)32-20-14-8-3-9-15-20)17-31-25(34-23)19-12-6-2-7-13-19/h1-2,4-7,10-13,20-26H,3,8-9,14-17H2/t21-,22-,23-,24-,25-,26-/m1/s1. The molecule has 0 radical (unpaired) electrons. The van der Waals surface area contributed by atoms with E-state index in [4.69, 9.17) is 23.7 Å². The zero-order chi connectivity index (χ0) is 23.3. The van der Waals surface area contributed by atoms with Gasteiger partial charge in [-0.15, -0.1) is 0 Å². The highest BCUT2D eigenvalue weighted by atomic mass is 16.8. The SMILES string of the molecule is O=[N+]([O-])[C@H]1[C@H](OC2CCCCC2)O[C@@H]2CO[C@@H](c3ccccc3)O[C@H]2[C@@H]1OCc1ccccc1. The van der Waals surface area contributed by atoms with Gasteiger partial charge in [-0.3, -0.25) is 10.1 Å². The number of hydrogen-bond donors (Lipinski definition) is 0. The van der Waals surface area contributed by atoms with Crippen molar-refractivity contribution in [1.29, 1.82) is 0 Å². The number of hydrogen-bond acceptors (Lipinski definition) is 7. The van der Waals surface area contributed by atoms with E-state index in [1.807, 2.05) is 60.7 Å². The van der Waals surface area contributed by atoms with Gasteiger partial charge < -0.3 is 23.7 Å². The molecule has 8 nitrogen and oxygen atoms in total. The Balaban J connectivity index is 1.39. The molecule has 8 heteroatoms. The molecule has 182 valence electrons. The predicted molar refractivity (Wildman–Crippen MR) is 122 cm³/mol. The molecule has 0 aromatic heterocycles. The minimum absolute atomic E-state index is 0.0463. The largest absolute Gasteiger partial charge is 0.363 e. The quantitative estimate of drug-likeness (QED) is 0.438. The molecule has 3 aliphatic rings. The Morgan fingerprint density at radius 3 is 2.35 bits per heavy atom. The van der Waals surface area contributed by atoms with Gasteiger partial charge in [0.05, 0.1) is 19.3 Å². The summed E-state index contributed by atoms with van der Waals surface area (Å²) in [5, 5.41) is 12.3. The van der Waals surface area contributed by atoms with Gasteiger partial charge in [-0.05, 0) is 18.4 Å². The van der Waals surface area contributed by atoms with Crippen molar-refractivity contribution in [3.63, 3.8) is 0 Å². The summed E-state index contributed by atoms with van der Waals surface area (Å²) in [7, 11) is 0. The van der Waals surface area contributed by atoms with Crippen LogP contribution in [0.15, 0.2) is 60.7 Å². The van der Waals surface area contributed by atoms with Crippen LogP contribution < -0.4 is 0 Å². The van der Waals surface area contributed by atoms with Crippen molar-refractivity contribution in [3.8, 4) is 0 Å². The number of nitrogens with zero attached hydrogens (tertiary/aromatic N) is 1. The first kappa shape index (κ1) is 23.4. The van der Waals surface area contributed by atoms with E-state index >= 15 is 0 Å². The summed E-state index contributed by atoms with van der Waals surface area (Å²) < 4.78 is 30.8. The second kappa shape index (κ2) is 10.9. The Morgan fingerprint density at radius 2 is 1.65 bits per heavy atom. The van der Waals surface area contributed by atoms with Crippen LogP contribution >= 0.6 is 0 Å². The Kier molecular flexibility index (Phi) is 7.51. The van der Waals surface area contributed by atoms with E-state index in [1.165, 1.54) is 6.42 Å². The number of benzene rings is 2. The van der Waals surface area contributed by atoms with E-state index in [0.717, 1.165) is 36.8 Å². The van der Waals surface area contributed by atoms with Gasteiger partial charge in [0.15, 0.2) is 12.4 Å². The number of fused-ring (bicyclic) bond motifs is 1. The third-order valence-corrected chi connectivity index (χ3v) is 6.79. The van der Waals surface area contributed by atoms with Crippen molar-refractivity contribution in [3.05, 3.63) is 81.9 Å². The van der Waals surface area contributed by atoms with E-state index < -0.39 is 36.9 Å². The molecule has 2 aromatic rings. The highest BCUT2D eigenvalue weighted by Gasteiger charge is 2.57. The summed E-state index contributed by atoms with van der Waals surface area (Å²) in [5.41, 5.74) is 1.78. The second-order valence-electron chi connectivity index (χ2n) is 9.15. The van der Waals surface area contributed by atoms with Crippen LogP contribution in [0.5, 0.6) is 0 Å². The van der Waals surface area contributed by atoms with Crippen LogP contribution in [0.1, 0.15) is 49.5 Å². The molecule has 1 aliphatic carbocycles. The zero-order valence-corrected chi connectivity index (χ0v) is 19.1. The first-order chi connectivity index (χ1) is 16.7. The van der Waals surface area contributed by atoms with Crippen molar-refractivity contribution < 1.29 is 28.6 Å². The topological polar surface area (TPSA) is 89.3 Å². The molecule has 2 aromatic carbocycles. The molecule has 34 heavy (non-hydrogen) atoms. The first-order valence-electron chi connectivity index (χ1n) is 12.1. The van der Waals surface area contributed by atoms with Gasteiger partial charge >= 0.3 is 0 Å². The van der Waals surface area contributed by atoms with Gasteiger partial charge in [0, 0.05) is 10.5 Å². The summed E-state index contributed by atoms with van der Waals surface area (Å²) in [5.74, 6) is 0. The van der Waals surface area contributed by atoms with Gasteiger partial charge in [0.1, 0.15) is 12.2 Å². The molecule has 2 aliphatic heterocycles. The van der Waals surface area contributed by atoms with E-state index in [0.29, 0.717) is 0 Å². The Bertz CT molecular complexity index is 921. The highest BCUT2D eigenvalue weighted by Crippen LogP contribution is 2.37. The Morgan fingerprint density at radius 1 is 0.941 bits per heavy atom. The average molecular weight is 470 g/mol. The summed E-state index contributed by atoms with van der Waals surface area (Å²) in [6.07, 6.45) is 1.32. The Hall–Kier alpha value is -2.36. The summed E-state index contributed by atoms with van der Waals surface area (Å²) in [6, 6.07) is 18.0. The molecule has 2 heterocycles. The van der Waals surface area contributed by atoms with Gasteiger partial charge in [0.2, 0.25) is 6.29 Å². The molecule has 6 atom stereocenters. The van der Waals surface area contributed by atoms with E-state index in [1.54, 1.807) is 0 Å². The lowest BCUT2D eigenvalue weighted by molar-refractivity contribution is -0.581. The molecular weight excluding hydrogens is 438 g/mol. The van der Waals surface area contributed by atoms with Crippen molar-refractivity contribution in [1.82, 2.24) is 0 Å². The van der Waals surface area contributed by atoms with Crippen molar-refractivity contribution in [2.24, 2.45) is 0 Å². The molecule has 0 N–H and O–H groups in total. The minimum atomic E-state index is -1.21. The summed E-state index contributed by atoms with van der Waals surface area (Å²) in [4.78, 5) is 12.0. The molecule has 0 spiro atoms. The molecule has 5 rings (SSSR count). The fraction of sp³-hybridized carbons (Fsp3) is 0.538. The van der Waals surface area contributed by atoms with Crippen LogP contribution in [0.4, 0.5) is 0 Å². The summed E-state index contributed by atoms with van der Waals surface area (Å²) >= 11 is 0. The van der Waals surface area contributed by atoms with E-state index in [2.05, 4.69) is 0 Å². The third-order valence-electron chi connectivity index (χ3n) is 6.79. The maximum absolute atomic E-state index is 12.3. The van der Waals surface area contributed by atoms with Gasteiger partial charge in [-0.2, -0.15) is 0 Å². The van der Waals surface area contributed by atoms with Crippen molar-refractivity contribution >= 4 is 0 Å². The maximum Gasteiger partial charge on any atom is 0.291 e. The minimum Gasteiger partial charge on any atom is -0.363 e. The second-order valence-corrected chi connectivity index (χ2v) is 9.15. The normalized spacial score (nSPS) is 32.1. The average Bonchev–Trinajstić information content (AvgIpc) is 2.88. The van der Waals surface area contributed by atoms with Crippen LogP contribution in [-0.2, 0) is 30.3 Å². The van der Waals surface area contributed by atoms with Gasteiger partial charge in [0.25, 0.3) is 6.04 Å². The fourth-order valence-corrected chi connectivity index (χ4v) is 5.02. The molecule has 0 unspecified atom stereocenters. The maximum atomic E-state index is 12.3. The number of rotatable bonds is 7. The van der Waals surface area contributed by atoms with Crippen molar-refractivity contribution in [2.75, 3.05) is 6.61 Å². The van der Waals surface area contributed by atoms with Crippen LogP contribution in [0.3, 0.4) is 0 Å². The van der Waals surface area contributed by atoms with Crippen LogP contribution in [0.25, 0.3) is 0 Å². The number of ether oxygens (including phenoxy) is 5. The fourth-order valence-electron chi connectivity index (χ4n) is 5.02. The summed E-state index contributed by atoms with van der Waals surface area (Å²) in [6.45, 7) is 0.472. The van der Waals surface area contributed by atoms with Crippen molar-refractivity contribution in [2.45, 2.75) is 81.7 Å². The molecular formula is C26H31NO7. The van der Waals surface area contributed by atoms with Crippen LogP contribution in [0.2, 0.25) is 0 Å². The lowest BCUT2D eigenvalue weighted by Crippen LogP contribution is -2.65. The zero-order valence-electron chi connectivity index (χ0n) is 19.1. The predicted octanol–water partition coefficient (Wildman–Crippen LogP) is 4.41. The molecule has 3 fully saturated rings. The molecule has 2 saturated heterocycles. The van der Waals surface area contributed by atoms with Crippen LogP contribution in [-0.4, -0.2) is 48.3 Å². The lowest BCUT2D eigenvalue weighted by atomic mass is 9.94. The molecule has 1 saturated carbocycles. The molecule has 0 bridgehead atoms. The smallest absolute Gasteiger partial charge is 0.291 e. The lowest BCUT2D eigenvalue weighted by Gasteiger charge is -2.46. The van der Waals surface area contributed by atoms with Gasteiger partial charge in [-0.1, -0.05) is 79.9 Å². The monoisotopic (exact) mass is 469 g/mol. The first-order valence-corrected chi connectivity index (χ1v) is 12.1. The van der Waals surface area contributed by atoms with Gasteiger partial charge in [-0.25, -0.2) is 0 Å². The molecule has 0 amide bonds. The van der Waals surface area contributed by atoms with E-state index in [9.17, 15) is 10.1 Å². The third kappa shape index (κ3) is 5.31. The van der Waals surface area contributed by atoms with E-state index in [-0.39, 0.29) is 24.2 Å².